The van der Waals surface area contributed by atoms with Crippen LogP contribution in [0.1, 0.15) is 11.3 Å². The Morgan fingerprint density at radius 1 is 1.30 bits per heavy atom. The summed E-state index contributed by atoms with van der Waals surface area (Å²) in [5.74, 6) is -0.115. The number of hydrogen-bond acceptors (Lipinski definition) is 4. The van der Waals surface area contributed by atoms with Crippen LogP contribution in [-0.4, -0.2) is 45.0 Å². The number of pyridine rings is 2. The van der Waals surface area contributed by atoms with E-state index in [4.69, 9.17) is 16.2 Å². The summed E-state index contributed by atoms with van der Waals surface area (Å²) in [7, 11) is 0. The van der Waals surface area contributed by atoms with Crippen molar-refractivity contribution in [2.75, 3.05) is 13.1 Å². The molecule has 4 N–H and O–H groups in total. The van der Waals surface area contributed by atoms with Crippen LogP contribution in [0.25, 0.3) is 16.7 Å². The molecule has 1 amide bonds. The Hall–Kier alpha value is -3.22. The largest absolute Gasteiger partial charge is 0.465 e. The molecule has 0 saturated heterocycles. The number of rotatable bonds is 3. The molecule has 3 rings (SSSR count). The number of nitrogens with two attached hydrogens (primary N) is 1. The second kappa shape index (κ2) is 5.88. The van der Waals surface area contributed by atoms with Crippen LogP contribution in [0.4, 0.5) is 4.79 Å². The first-order valence-electron chi connectivity index (χ1n) is 6.98. The third-order valence-corrected chi connectivity index (χ3v) is 3.69. The van der Waals surface area contributed by atoms with E-state index in [0.717, 1.165) is 22.3 Å². The number of nitrogens with zero attached hydrogens (tertiary/aromatic N) is 3. The molecule has 0 radical (unpaired) electrons. The summed E-state index contributed by atoms with van der Waals surface area (Å²) in [5, 5.41) is 16.7. The standard InChI is InChI=1S/C16H15N5O2/c17-15(18)14-13(10-1-4-19-5-2-10)7-12(8-20-14)11-3-6-21(9-11)16(22)23/h1-5,7-8H,6,9H2,(H3,17,18)(H,22,23). The maximum atomic E-state index is 11.0. The first kappa shape index (κ1) is 14.7. The molecule has 0 saturated carbocycles. The third-order valence-electron chi connectivity index (χ3n) is 3.69. The van der Waals surface area contributed by atoms with E-state index in [-0.39, 0.29) is 5.84 Å². The highest BCUT2D eigenvalue weighted by atomic mass is 16.4. The molecule has 0 atom stereocenters. The Balaban J connectivity index is 2.02. The number of nitrogens with one attached hydrogen (secondary N) is 1. The van der Waals surface area contributed by atoms with Gasteiger partial charge in [0.15, 0.2) is 0 Å². The first-order valence-corrected chi connectivity index (χ1v) is 6.98. The molecule has 1 aliphatic heterocycles. The maximum absolute atomic E-state index is 11.0. The Morgan fingerprint density at radius 2 is 2.04 bits per heavy atom. The molecule has 2 aromatic rings. The molecule has 116 valence electrons. The van der Waals surface area contributed by atoms with Gasteiger partial charge in [0.1, 0.15) is 11.5 Å². The lowest BCUT2D eigenvalue weighted by molar-refractivity contribution is 0.158. The highest BCUT2D eigenvalue weighted by Crippen LogP contribution is 2.27. The number of amidine groups is 1. The molecule has 7 heteroatoms. The fourth-order valence-electron chi connectivity index (χ4n) is 2.52. The first-order chi connectivity index (χ1) is 11.1. The van der Waals surface area contributed by atoms with E-state index >= 15 is 0 Å². The number of carbonyl (C=O) groups is 1. The molecule has 23 heavy (non-hydrogen) atoms. The van der Waals surface area contributed by atoms with Crippen LogP contribution in [0.15, 0.2) is 42.9 Å². The minimum absolute atomic E-state index is 0.115. The Morgan fingerprint density at radius 3 is 2.65 bits per heavy atom. The van der Waals surface area contributed by atoms with Gasteiger partial charge < -0.3 is 15.7 Å². The van der Waals surface area contributed by atoms with Crippen LogP contribution in [-0.2, 0) is 0 Å². The minimum atomic E-state index is -0.945. The van der Waals surface area contributed by atoms with Crippen LogP contribution in [0, 0.1) is 5.41 Å². The quantitative estimate of drug-likeness (QED) is 0.590. The summed E-state index contributed by atoms with van der Waals surface area (Å²) >= 11 is 0. The van der Waals surface area contributed by atoms with E-state index < -0.39 is 6.09 Å². The van der Waals surface area contributed by atoms with Gasteiger partial charge >= 0.3 is 6.09 Å². The van der Waals surface area contributed by atoms with E-state index in [1.807, 2.05) is 24.3 Å². The van der Waals surface area contributed by atoms with Gasteiger partial charge in [-0.05, 0) is 34.9 Å². The lowest BCUT2D eigenvalue weighted by Crippen LogP contribution is -2.26. The molecule has 7 nitrogen and oxygen atoms in total. The summed E-state index contributed by atoms with van der Waals surface area (Å²) in [5.41, 5.74) is 9.32. The predicted octanol–water partition coefficient (Wildman–Crippen LogP) is 1.80. The topological polar surface area (TPSA) is 116 Å². The average Bonchev–Trinajstić information content (AvgIpc) is 3.05. The van der Waals surface area contributed by atoms with Gasteiger partial charge in [0, 0.05) is 37.2 Å². The zero-order chi connectivity index (χ0) is 16.4. The highest BCUT2D eigenvalue weighted by molar-refractivity contribution is 6.00. The number of hydrogen-bond donors (Lipinski definition) is 3. The van der Waals surface area contributed by atoms with Gasteiger partial charge in [-0.1, -0.05) is 6.08 Å². The van der Waals surface area contributed by atoms with Crippen molar-refractivity contribution in [3.8, 4) is 11.1 Å². The van der Waals surface area contributed by atoms with Gasteiger partial charge in [0.05, 0.1) is 0 Å². The normalized spacial score (nSPS) is 13.7. The second-order valence-electron chi connectivity index (χ2n) is 5.16. The summed E-state index contributed by atoms with van der Waals surface area (Å²) < 4.78 is 0. The third kappa shape index (κ3) is 2.89. The van der Waals surface area contributed by atoms with Crippen LogP contribution in [0.2, 0.25) is 0 Å². The fraction of sp³-hybridized carbons (Fsp3) is 0.125. The maximum Gasteiger partial charge on any atom is 0.407 e. The summed E-state index contributed by atoms with van der Waals surface area (Å²) in [6.07, 6.45) is 5.87. The summed E-state index contributed by atoms with van der Waals surface area (Å²) in [6, 6.07) is 5.52. The molecule has 1 aliphatic rings. The smallest absolute Gasteiger partial charge is 0.407 e. The van der Waals surface area contributed by atoms with Crippen LogP contribution < -0.4 is 5.73 Å². The molecule has 0 spiro atoms. The van der Waals surface area contributed by atoms with Crippen LogP contribution >= 0.6 is 0 Å². The van der Waals surface area contributed by atoms with Crippen molar-refractivity contribution < 1.29 is 9.90 Å². The number of amides is 1. The molecular formula is C16H15N5O2. The van der Waals surface area contributed by atoms with E-state index in [1.54, 1.807) is 18.6 Å². The van der Waals surface area contributed by atoms with E-state index in [2.05, 4.69) is 9.97 Å². The molecule has 0 fully saturated rings. The zero-order valence-corrected chi connectivity index (χ0v) is 12.2. The second-order valence-corrected chi connectivity index (χ2v) is 5.16. The molecule has 2 aromatic heterocycles. The van der Waals surface area contributed by atoms with Crippen LogP contribution in [0.3, 0.4) is 0 Å². The molecular weight excluding hydrogens is 294 g/mol. The Labute approximate surface area is 132 Å². The lowest BCUT2D eigenvalue weighted by atomic mass is 9.99. The number of nitrogen functional groups attached to an aromatic ring is 1. The van der Waals surface area contributed by atoms with Gasteiger partial charge in [-0.25, -0.2) is 4.79 Å². The summed E-state index contributed by atoms with van der Waals surface area (Å²) in [4.78, 5) is 20.6. The molecule has 0 aromatic carbocycles. The van der Waals surface area contributed by atoms with Crippen molar-refractivity contribution >= 4 is 17.5 Å². The number of carboxylic acid groups (broad SMARTS) is 1. The summed E-state index contributed by atoms with van der Waals surface area (Å²) in [6.45, 7) is 0.690. The van der Waals surface area contributed by atoms with Crippen molar-refractivity contribution in [2.45, 2.75) is 0 Å². The number of aromatic nitrogens is 2. The van der Waals surface area contributed by atoms with Gasteiger partial charge in [-0.2, -0.15) is 0 Å². The van der Waals surface area contributed by atoms with Crippen molar-refractivity contribution in [1.82, 2.24) is 14.9 Å². The molecule has 0 bridgehead atoms. The van der Waals surface area contributed by atoms with Gasteiger partial charge in [0.2, 0.25) is 0 Å². The van der Waals surface area contributed by atoms with Gasteiger partial charge in [-0.3, -0.25) is 15.4 Å². The molecule has 0 aliphatic carbocycles. The average molecular weight is 309 g/mol. The highest BCUT2D eigenvalue weighted by Gasteiger charge is 2.21. The Kier molecular flexibility index (Phi) is 3.76. The predicted molar refractivity (Wildman–Crippen MR) is 86.1 cm³/mol. The zero-order valence-electron chi connectivity index (χ0n) is 12.2. The van der Waals surface area contributed by atoms with Crippen molar-refractivity contribution in [1.29, 1.82) is 5.41 Å². The van der Waals surface area contributed by atoms with Crippen molar-refractivity contribution in [3.05, 3.63) is 54.1 Å². The van der Waals surface area contributed by atoms with Crippen molar-refractivity contribution in [3.63, 3.8) is 0 Å². The molecule has 0 unspecified atom stereocenters. The monoisotopic (exact) mass is 309 g/mol. The van der Waals surface area contributed by atoms with E-state index in [0.29, 0.717) is 18.8 Å². The SMILES string of the molecule is N=C(N)c1ncc(C2=CCN(C(=O)O)C2)cc1-c1ccncc1. The van der Waals surface area contributed by atoms with Gasteiger partial charge in [0.25, 0.3) is 0 Å². The minimum Gasteiger partial charge on any atom is -0.465 e. The van der Waals surface area contributed by atoms with Gasteiger partial charge in [-0.15, -0.1) is 0 Å². The van der Waals surface area contributed by atoms with E-state index in [9.17, 15) is 4.79 Å². The van der Waals surface area contributed by atoms with E-state index in [1.165, 1.54) is 4.90 Å². The van der Waals surface area contributed by atoms with Crippen molar-refractivity contribution in [2.24, 2.45) is 5.73 Å². The fourth-order valence-corrected chi connectivity index (χ4v) is 2.52. The molecule has 3 heterocycles. The van der Waals surface area contributed by atoms with Crippen LogP contribution in [0.5, 0.6) is 0 Å². The Bertz CT molecular complexity index is 801. The lowest BCUT2D eigenvalue weighted by Gasteiger charge is -2.13.